The third-order valence-electron chi connectivity index (χ3n) is 3.65. The third-order valence-corrected chi connectivity index (χ3v) is 3.65. The van der Waals surface area contributed by atoms with Crippen LogP contribution in [-0.2, 0) is 4.79 Å². The summed E-state index contributed by atoms with van der Waals surface area (Å²) in [6.07, 6.45) is 4.57. The zero-order chi connectivity index (χ0) is 13.5. The van der Waals surface area contributed by atoms with Crippen molar-refractivity contribution in [2.45, 2.75) is 38.6 Å². The summed E-state index contributed by atoms with van der Waals surface area (Å²) in [5.74, 6) is 0.236. The van der Waals surface area contributed by atoms with Crippen LogP contribution >= 0.6 is 0 Å². The molecular weight excluding hydrogens is 236 g/mol. The number of carbonyl (C=O) groups excluding carboxylic acids is 1. The number of piperidine rings is 1. The summed E-state index contributed by atoms with van der Waals surface area (Å²) in [4.78, 5) is 14.7. The molecule has 1 fully saturated rings. The second-order valence-corrected chi connectivity index (χ2v) is 5.18. The van der Waals surface area contributed by atoms with Crippen molar-refractivity contribution < 1.29 is 4.79 Å². The van der Waals surface area contributed by atoms with Gasteiger partial charge in [-0.25, -0.2) is 0 Å². The van der Waals surface area contributed by atoms with Crippen LogP contribution in [0, 0.1) is 0 Å². The Morgan fingerprint density at radius 2 is 1.89 bits per heavy atom. The van der Waals surface area contributed by atoms with Crippen LogP contribution in [0.4, 0.5) is 0 Å². The summed E-state index contributed by atoms with van der Waals surface area (Å²) in [6.45, 7) is 4.82. The summed E-state index contributed by atoms with van der Waals surface area (Å²) in [5, 5.41) is 3.39. The van der Waals surface area contributed by atoms with Crippen LogP contribution < -0.4 is 5.32 Å². The van der Waals surface area contributed by atoms with Gasteiger partial charge in [0.2, 0.25) is 5.91 Å². The molecule has 1 amide bonds. The number of rotatable bonds is 5. The van der Waals surface area contributed by atoms with Gasteiger partial charge in [0.15, 0.2) is 0 Å². The first-order valence-electron chi connectivity index (χ1n) is 7.40. The maximum Gasteiger partial charge on any atom is 0.244 e. The average Bonchev–Trinajstić information content (AvgIpc) is 2.49. The molecule has 1 saturated heterocycles. The molecule has 1 atom stereocenters. The zero-order valence-corrected chi connectivity index (χ0v) is 11.8. The lowest BCUT2D eigenvalue weighted by Crippen LogP contribution is -2.43. The van der Waals surface area contributed by atoms with E-state index in [-0.39, 0.29) is 11.9 Å². The molecular formula is C16H24N2O. The number of nitrogens with one attached hydrogen (secondary N) is 1. The Balaban J connectivity index is 2.10. The Hall–Kier alpha value is -1.35. The summed E-state index contributed by atoms with van der Waals surface area (Å²) in [6, 6.07) is 9.88. The van der Waals surface area contributed by atoms with E-state index in [2.05, 4.69) is 12.2 Å². The van der Waals surface area contributed by atoms with E-state index in [0.717, 1.165) is 44.5 Å². The largest absolute Gasteiger partial charge is 0.341 e. The molecule has 1 unspecified atom stereocenters. The van der Waals surface area contributed by atoms with Gasteiger partial charge >= 0.3 is 0 Å². The molecule has 3 nitrogen and oxygen atoms in total. The lowest BCUT2D eigenvalue weighted by atomic mass is 10.0. The van der Waals surface area contributed by atoms with Gasteiger partial charge in [-0.15, -0.1) is 0 Å². The molecule has 1 aliphatic rings. The van der Waals surface area contributed by atoms with E-state index in [1.807, 2.05) is 35.2 Å². The van der Waals surface area contributed by atoms with Crippen molar-refractivity contribution >= 4 is 5.91 Å². The van der Waals surface area contributed by atoms with Crippen molar-refractivity contribution in [1.29, 1.82) is 0 Å². The van der Waals surface area contributed by atoms with Crippen molar-refractivity contribution in [3.8, 4) is 0 Å². The topological polar surface area (TPSA) is 32.3 Å². The monoisotopic (exact) mass is 260 g/mol. The molecule has 1 N–H and O–H groups in total. The van der Waals surface area contributed by atoms with Crippen molar-refractivity contribution in [1.82, 2.24) is 10.2 Å². The van der Waals surface area contributed by atoms with Gasteiger partial charge in [-0.1, -0.05) is 37.3 Å². The molecule has 19 heavy (non-hydrogen) atoms. The highest BCUT2D eigenvalue weighted by Crippen LogP contribution is 2.19. The normalized spacial score (nSPS) is 17.2. The van der Waals surface area contributed by atoms with E-state index in [1.54, 1.807) is 0 Å². The number of benzene rings is 1. The predicted molar refractivity (Wildman–Crippen MR) is 77.9 cm³/mol. The molecule has 0 aromatic heterocycles. The lowest BCUT2D eigenvalue weighted by Gasteiger charge is -2.31. The molecule has 0 saturated carbocycles. The van der Waals surface area contributed by atoms with Gasteiger partial charge in [0.1, 0.15) is 6.04 Å². The molecule has 0 radical (unpaired) electrons. The third kappa shape index (κ3) is 3.80. The quantitative estimate of drug-likeness (QED) is 0.883. The molecule has 104 valence electrons. The van der Waals surface area contributed by atoms with Crippen molar-refractivity contribution in [2.24, 2.45) is 0 Å². The molecule has 1 heterocycles. The predicted octanol–water partition coefficient (Wildman–Crippen LogP) is 2.74. The first-order chi connectivity index (χ1) is 9.33. The highest BCUT2D eigenvalue weighted by Gasteiger charge is 2.26. The van der Waals surface area contributed by atoms with E-state index in [0.29, 0.717) is 0 Å². The zero-order valence-electron chi connectivity index (χ0n) is 11.8. The smallest absolute Gasteiger partial charge is 0.244 e. The number of hydrogen-bond acceptors (Lipinski definition) is 2. The van der Waals surface area contributed by atoms with Gasteiger partial charge in [-0.2, -0.15) is 0 Å². The molecule has 0 spiro atoms. The van der Waals surface area contributed by atoms with Crippen molar-refractivity contribution in [3.63, 3.8) is 0 Å². The Kier molecular flexibility index (Phi) is 5.40. The van der Waals surface area contributed by atoms with Gasteiger partial charge in [0, 0.05) is 13.1 Å². The molecule has 1 aromatic rings. The Labute approximate surface area is 116 Å². The molecule has 1 aliphatic heterocycles. The molecule has 1 aromatic carbocycles. The Morgan fingerprint density at radius 1 is 1.21 bits per heavy atom. The minimum absolute atomic E-state index is 0.181. The minimum atomic E-state index is -0.181. The summed E-state index contributed by atoms with van der Waals surface area (Å²) in [7, 11) is 0. The standard InChI is InChI=1S/C16H24N2O/c1-2-11-17-15(14-9-5-3-6-10-14)16(19)18-12-7-4-8-13-18/h3,5-6,9-10,15,17H,2,4,7-8,11-13H2,1H3. The first-order valence-corrected chi connectivity index (χ1v) is 7.40. The second kappa shape index (κ2) is 7.29. The Morgan fingerprint density at radius 3 is 2.53 bits per heavy atom. The van der Waals surface area contributed by atoms with Crippen LogP contribution in [-0.4, -0.2) is 30.4 Å². The summed E-state index contributed by atoms with van der Waals surface area (Å²) < 4.78 is 0. The summed E-state index contributed by atoms with van der Waals surface area (Å²) >= 11 is 0. The number of amides is 1. The van der Waals surface area contributed by atoms with E-state index in [4.69, 9.17) is 0 Å². The molecule has 3 heteroatoms. The van der Waals surface area contributed by atoms with Crippen LogP contribution in [0.3, 0.4) is 0 Å². The van der Waals surface area contributed by atoms with Crippen LogP contribution in [0.15, 0.2) is 30.3 Å². The van der Waals surface area contributed by atoms with Crippen LogP contribution in [0.1, 0.15) is 44.2 Å². The van der Waals surface area contributed by atoms with E-state index < -0.39 is 0 Å². The van der Waals surface area contributed by atoms with Gasteiger partial charge in [-0.05, 0) is 37.8 Å². The van der Waals surface area contributed by atoms with E-state index in [1.165, 1.54) is 6.42 Å². The lowest BCUT2D eigenvalue weighted by molar-refractivity contribution is -0.134. The minimum Gasteiger partial charge on any atom is -0.341 e. The SMILES string of the molecule is CCCNC(C(=O)N1CCCCC1)c1ccccc1. The molecule has 0 aliphatic carbocycles. The summed E-state index contributed by atoms with van der Waals surface area (Å²) in [5.41, 5.74) is 1.08. The number of carbonyl (C=O) groups is 1. The van der Waals surface area contributed by atoms with Gasteiger partial charge in [-0.3, -0.25) is 4.79 Å². The fourth-order valence-electron chi connectivity index (χ4n) is 2.58. The van der Waals surface area contributed by atoms with Crippen LogP contribution in [0.25, 0.3) is 0 Å². The Bertz CT molecular complexity index is 385. The average molecular weight is 260 g/mol. The fourth-order valence-corrected chi connectivity index (χ4v) is 2.58. The molecule has 2 rings (SSSR count). The van der Waals surface area contributed by atoms with Gasteiger partial charge in [0.25, 0.3) is 0 Å². The second-order valence-electron chi connectivity index (χ2n) is 5.18. The highest BCUT2D eigenvalue weighted by molar-refractivity contribution is 5.83. The van der Waals surface area contributed by atoms with Crippen LogP contribution in [0.2, 0.25) is 0 Å². The van der Waals surface area contributed by atoms with Crippen molar-refractivity contribution in [3.05, 3.63) is 35.9 Å². The number of likely N-dealkylation sites (tertiary alicyclic amines) is 1. The highest BCUT2D eigenvalue weighted by atomic mass is 16.2. The van der Waals surface area contributed by atoms with E-state index >= 15 is 0 Å². The van der Waals surface area contributed by atoms with Gasteiger partial charge < -0.3 is 10.2 Å². The molecule has 0 bridgehead atoms. The van der Waals surface area contributed by atoms with Crippen molar-refractivity contribution in [2.75, 3.05) is 19.6 Å². The van der Waals surface area contributed by atoms with Gasteiger partial charge in [0.05, 0.1) is 0 Å². The first kappa shape index (κ1) is 14.1. The fraction of sp³-hybridized carbons (Fsp3) is 0.562. The maximum atomic E-state index is 12.7. The van der Waals surface area contributed by atoms with Crippen LogP contribution in [0.5, 0.6) is 0 Å². The number of nitrogens with zero attached hydrogens (tertiary/aromatic N) is 1. The van der Waals surface area contributed by atoms with E-state index in [9.17, 15) is 4.79 Å². The maximum absolute atomic E-state index is 12.7. The number of hydrogen-bond donors (Lipinski definition) is 1.